The van der Waals surface area contributed by atoms with Crippen molar-refractivity contribution < 1.29 is 4.79 Å². The molecule has 0 aliphatic rings. The number of nitrogens with zero attached hydrogens (tertiary/aromatic N) is 2. The average Bonchev–Trinajstić information content (AvgIpc) is 2.54. The first-order chi connectivity index (χ1) is 7.06. The van der Waals surface area contributed by atoms with Crippen LogP contribution < -0.4 is 0 Å². The Kier molecular flexibility index (Phi) is 3.87. The van der Waals surface area contributed by atoms with Crippen LogP contribution in [-0.4, -0.2) is 24.4 Å². The first-order valence-electron chi connectivity index (χ1n) is 4.75. The van der Waals surface area contributed by atoms with Crippen LogP contribution in [0.2, 0.25) is 0 Å². The zero-order chi connectivity index (χ0) is 11.4. The van der Waals surface area contributed by atoms with Gasteiger partial charge in [0.1, 0.15) is 0 Å². The minimum absolute atomic E-state index is 0.00597. The van der Waals surface area contributed by atoms with Crippen LogP contribution in [0.3, 0.4) is 0 Å². The van der Waals surface area contributed by atoms with Crippen LogP contribution in [0, 0.1) is 25.2 Å². The molecular weight excluding hydrogens is 208 g/mol. The molecule has 1 aromatic rings. The van der Waals surface area contributed by atoms with Crippen molar-refractivity contribution in [2.45, 2.75) is 20.3 Å². The summed E-state index contributed by atoms with van der Waals surface area (Å²) in [5.74, 6) is 0.00597. The Morgan fingerprint density at radius 1 is 1.60 bits per heavy atom. The van der Waals surface area contributed by atoms with E-state index in [1.54, 1.807) is 11.9 Å². The number of carbonyl (C=O) groups is 1. The fourth-order valence-electron chi connectivity index (χ4n) is 1.19. The maximum Gasteiger partial charge on any atom is 0.263 e. The van der Waals surface area contributed by atoms with Crippen LogP contribution in [0.1, 0.15) is 26.5 Å². The van der Waals surface area contributed by atoms with Gasteiger partial charge in [0.2, 0.25) is 0 Å². The van der Waals surface area contributed by atoms with Crippen LogP contribution in [-0.2, 0) is 0 Å². The molecule has 0 saturated heterocycles. The van der Waals surface area contributed by atoms with E-state index in [-0.39, 0.29) is 5.91 Å². The molecule has 1 aromatic heterocycles. The van der Waals surface area contributed by atoms with E-state index in [0.29, 0.717) is 13.0 Å². The van der Waals surface area contributed by atoms with E-state index in [1.165, 1.54) is 16.2 Å². The molecular formula is C11H14N2OS. The van der Waals surface area contributed by atoms with Crippen molar-refractivity contribution in [1.82, 2.24) is 4.90 Å². The van der Waals surface area contributed by atoms with E-state index >= 15 is 0 Å². The van der Waals surface area contributed by atoms with Crippen LogP contribution in [0.5, 0.6) is 0 Å². The quantitative estimate of drug-likeness (QED) is 0.788. The monoisotopic (exact) mass is 222 g/mol. The highest BCUT2D eigenvalue weighted by Gasteiger charge is 2.14. The Bertz CT molecular complexity index is 384. The standard InChI is InChI=1S/C11H14N2OS/c1-8-7-10(15-9(8)2)11(14)13(3)6-4-5-12/h7H,4,6H2,1-3H3. The molecule has 80 valence electrons. The molecule has 0 N–H and O–H groups in total. The van der Waals surface area contributed by atoms with Gasteiger partial charge < -0.3 is 4.90 Å². The minimum Gasteiger partial charge on any atom is -0.340 e. The Hall–Kier alpha value is -1.34. The number of aryl methyl sites for hydroxylation is 2. The molecule has 1 amide bonds. The number of hydrogen-bond donors (Lipinski definition) is 0. The van der Waals surface area contributed by atoms with Crippen molar-refractivity contribution in [2.75, 3.05) is 13.6 Å². The minimum atomic E-state index is 0.00597. The summed E-state index contributed by atoms with van der Waals surface area (Å²) in [7, 11) is 1.73. The summed E-state index contributed by atoms with van der Waals surface area (Å²) in [6.45, 7) is 4.50. The molecule has 3 nitrogen and oxygen atoms in total. The third-order valence-electron chi connectivity index (χ3n) is 2.28. The molecule has 0 fully saturated rings. The van der Waals surface area contributed by atoms with Crippen LogP contribution in [0.15, 0.2) is 6.07 Å². The lowest BCUT2D eigenvalue weighted by molar-refractivity contribution is 0.0802. The summed E-state index contributed by atoms with van der Waals surface area (Å²) in [4.78, 5) is 15.4. The third kappa shape index (κ3) is 2.80. The fraction of sp³-hybridized carbons (Fsp3) is 0.455. The lowest BCUT2D eigenvalue weighted by atomic mass is 10.2. The first kappa shape index (κ1) is 11.7. The molecule has 0 atom stereocenters. The molecule has 0 aliphatic carbocycles. The molecule has 1 rings (SSSR count). The smallest absolute Gasteiger partial charge is 0.263 e. The van der Waals surface area contributed by atoms with Crippen LogP contribution >= 0.6 is 11.3 Å². The van der Waals surface area contributed by atoms with Gasteiger partial charge in [0.25, 0.3) is 5.91 Å². The van der Waals surface area contributed by atoms with Gasteiger partial charge in [-0.25, -0.2) is 0 Å². The van der Waals surface area contributed by atoms with E-state index in [0.717, 1.165) is 10.4 Å². The highest BCUT2D eigenvalue weighted by Crippen LogP contribution is 2.21. The van der Waals surface area contributed by atoms with Crippen LogP contribution in [0.4, 0.5) is 0 Å². The highest BCUT2D eigenvalue weighted by atomic mass is 32.1. The van der Waals surface area contributed by atoms with Crippen LogP contribution in [0.25, 0.3) is 0 Å². The zero-order valence-electron chi connectivity index (χ0n) is 9.20. The van der Waals surface area contributed by atoms with Gasteiger partial charge >= 0.3 is 0 Å². The normalized spacial score (nSPS) is 9.73. The Balaban J connectivity index is 2.72. The number of amides is 1. The summed E-state index contributed by atoms with van der Waals surface area (Å²) in [5.41, 5.74) is 1.15. The van der Waals surface area contributed by atoms with Gasteiger partial charge in [0.15, 0.2) is 0 Å². The maximum atomic E-state index is 11.8. The summed E-state index contributed by atoms with van der Waals surface area (Å²) >= 11 is 1.51. The predicted octanol–water partition coefficient (Wildman–Crippen LogP) is 2.35. The van der Waals surface area contributed by atoms with Gasteiger partial charge in [-0.15, -0.1) is 11.3 Å². The molecule has 0 unspecified atom stereocenters. The SMILES string of the molecule is Cc1cc(C(=O)N(C)CCC#N)sc1C. The first-order valence-corrected chi connectivity index (χ1v) is 5.57. The fourth-order valence-corrected chi connectivity index (χ4v) is 2.21. The lowest BCUT2D eigenvalue weighted by Crippen LogP contribution is -2.26. The molecule has 0 bridgehead atoms. The van der Waals surface area contributed by atoms with Crippen molar-refractivity contribution in [3.8, 4) is 6.07 Å². The molecule has 0 radical (unpaired) electrons. The number of rotatable bonds is 3. The van der Waals surface area contributed by atoms with E-state index < -0.39 is 0 Å². The van der Waals surface area contributed by atoms with Crippen molar-refractivity contribution in [1.29, 1.82) is 5.26 Å². The molecule has 0 aliphatic heterocycles. The Morgan fingerprint density at radius 3 is 2.73 bits per heavy atom. The third-order valence-corrected chi connectivity index (χ3v) is 3.42. The van der Waals surface area contributed by atoms with Gasteiger partial charge in [-0.1, -0.05) is 0 Å². The van der Waals surface area contributed by atoms with E-state index in [1.807, 2.05) is 26.0 Å². The molecule has 15 heavy (non-hydrogen) atoms. The maximum absolute atomic E-state index is 11.8. The van der Waals surface area contributed by atoms with Gasteiger partial charge in [-0.05, 0) is 25.5 Å². The summed E-state index contributed by atoms with van der Waals surface area (Å²) in [6.07, 6.45) is 0.381. The van der Waals surface area contributed by atoms with Gasteiger partial charge in [0, 0.05) is 18.5 Å². The summed E-state index contributed by atoms with van der Waals surface area (Å²) in [6, 6.07) is 3.94. The second-order valence-electron chi connectivity index (χ2n) is 3.48. The number of thiophene rings is 1. The zero-order valence-corrected chi connectivity index (χ0v) is 10.0. The van der Waals surface area contributed by atoms with Crippen molar-refractivity contribution in [3.63, 3.8) is 0 Å². The topological polar surface area (TPSA) is 44.1 Å². The van der Waals surface area contributed by atoms with E-state index in [2.05, 4.69) is 0 Å². The molecule has 0 saturated carbocycles. The number of nitriles is 1. The van der Waals surface area contributed by atoms with Gasteiger partial charge in [-0.2, -0.15) is 5.26 Å². The molecule has 0 aromatic carbocycles. The lowest BCUT2D eigenvalue weighted by Gasteiger charge is -2.13. The van der Waals surface area contributed by atoms with E-state index in [9.17, 15) is 4.79 Å². The number of hydrogen-bond acceptors (Lipinski definition) is 3. The Labute approximate surface area is 93.9 Å². The van der Waals surface area contributed by atoms with Crippen molar-refractivity contribution in [3.05, 3.63) is 21.4 Å². The second-order valence-corrected chi connectivity index (χ2v) is 4.74. The van der Waals surface area contributed by atoms with Gasteiger partial charge in [0.05, 0.1) is 17.4 Å². The second kappa shape index (κ2) is 4.94. The predicted molar refractivity (Wildman–Crippen MR) is 61.0 cm³/mol. The van der Waals surface area contributed by atoms with Gasteiger partial charge in [-0.3, -0.25) is 4.79 Å². The summed E-state index contributed by atoms with van der Waals surface area (Å²) in [5, 5.41) is 8.43. The molecule has 4 heteroatoms. The average molecular weight is 222 g/mol. The van der Waals surface area contributed by atoms with Crippen molar-refractivity contribution >= 4 is 17.2 Å². The van der Waals surface area contributed by atoms with Crippen molar-refractivity contribution in [2.24, 2.45) is 0 Å². The molecule has 0 spiro atoms. The van der Waals surface area contributed by atoms with E-state index in [4.69, 9.17) is 5.26 Å². The number of carbonyl (C=O) groups excluding carboxylic acids is 1. The molecule has 1 heterocycles. The Morgan fingerprint density at radius 2 is 2.27 bits per heavy atom. The highest BCUT2D eigenvalue weighted by molar-refractivity contribution is 7.14. The summed E-state index contributed by atoms with van der Waals surface area (Å²) < 4.78 is 0. The largest absolute Gasteiger partial charge is 0.340 e.